The maximum atomic E-state index is 10.1. The Balaban J connectivity index is 2.04. The zero-order chi connectivity index (χ0) is 14.1. The Kier molecular flexibility index (Phi) is 3.38. The van der Waals surface area contributed by atoms with E-state index in [0.717, 1.165) is 22.4 Å². The first kappa shape index (κ1) is 13.0. The van der Waals surface area contributed by atoms with Crippen LogP contribution in [0, 0.1) is 0 Å². The van der Waals surface area contributed by atoms with Crippen molar-refractivity contribution in [3.8, 4) is 5.75 Å². The van der Waals surface area contributed by atoms with Gasteiger partial charge in [-0.2, -0.15) is 0 Å². The third-order valence-electron chi connectivity index (χ3n) is 3.34. The van der Waals surface area contributed by atoms with E-state index < -0.39 is 6.23 Å². The summed E-state index contributed by atoms with van der Waals surface area (Å²) in [6.07, 6.45) is 1.18. The quantitative estimate of drug-likeness (QED) is 0.886. The topological polar surface area (TPSA) is 41.5 Å². The molecule has 0 aliphatic carbocycles. The van der Waals surface area contributed by atoms with Gasteiger partial charge in [0.15, 0.2) is 6.23 Å². The first-order valence-electron chi connectivity index (χ1n) is 6.28. The fraction of sp³-hybridized carbons (Fsp3) is 0.125. The van der Waals surface area contributed by atoms with Crippen LogP contribution in [-0.2, 0) is 0 Å². The third kappa shape index (κ3) is 2.26. The normalized spacial score (nSPS) is 18.8. The van der Waals surface area contributed by atoms with Crippen LogP contribution in [0.25, 0.3) is 11.6 Å². The number of methoxy groups -OCH3 is 1. The van der Waals surface area contributed by atoms with Gasteiger partial charge in [-0.1, -0.05) is 29.8 Å². The summed E-state index contributed by atoms with van der Waals surface area (Å²) in [7, 11) is 1.60. The third-order valence-corrected chi connectivity index (χ3v) is 3.67. The van der Waals surface area contributed by atoms with Gasteiger partial charge in [0, 0.05) is 16.8 Å². The van der Waals surface area contributed by atoms with Gasteiger partial charge in [0.1, 0.15) is 5.75 Å². The minimum absolute atomic E-state index is 0.591. The number of anilines is 1. The van der Waals surface area contributed by atoms with Crippen LogP contribution in [0.15, 0.2) is 42.5 Å². The lowest BCUT2D eigenvalue weighted by Gasteiger charge is -2.07. The van der Waals surface area contributed by atoms with E-state index in [1.807, 2.05) is 42.5 Å². The van der Waals surface area contributed by atoms with Crippen LogP contribution in [0.3, 0.4) is 0 Å². The molecule has 0 spiro atoms. The van der Waals surface area contributed by atoms with E-state index >= 15 is 0 Å². The summed E-state index contributed by atoms with van der Waals surface area (Å²) in [6, 6.07) is 13.3. The van der Waals surface area contributed by atoms with Crippen LogP contribution in [0.1, 0.15) is 11.1 Å². The van der Waals surface area contributed by atoms with E-state index in [1.165, 1.54) is 0 Å². The molecule has 0 saturated carbocycles. The molecule has 102 valence electrons. The summed E-state index contributed by atoms with van der Waals surface area (Å²) in [5.41, 5.74) is 3.58. The molecule has 0 radical (unpaired) electrons. The average Bonchev–Trinajstić information content (AvgIpc) is 2.77. The lowest BCUT2D eigenvalue weighted by Crippen LogP contribution is -2.12. The molecule has 2 aromatic carbocycles. The number of benzene rings is 2. The number of ether oxygens (including phenoxy) is 1. The molecule has 20 heavy (non-hydrogen) atoms. The van der Waals surface area contributed by atoms with Crippen LogP contribution in [0.5, 0.6) is 5.75 Å². The summed E-state index contributed by atoms with van der Waals surface area (Å²) in [4.78, 5) is 0. The van der Waals surface area contributed by atoms with Crippen molar-refractivity contribution in [2.45, 2.75) is 6.23 Å². The van der Waals surface area contributed by atoms with Gasteiger partial charge in [-0.25, -0.2) is 0 Å². The number of fused-ring (bicyclic) bond motifs is 1. The first-order chi connectivity index (χ1) is 9.69. The Morgan fingerprint density at radius 1 is 1.25 bits per heavy atom. The van der Waals surface area contributed by atoms with Crippen molar-refractivity contribution in [1.29, 1.82) is 0 Å². The lowest BCUT2D eigenvalue weighted by molar-refractivity contribution is 0.266. The summed E-state index contributed by atoms with van der Waals surface area (Å²) in [6.45, 7) is 0. The van der Waals surface area contributed by atoms with Gasteiger partial charge in [0.05, 0.1) is 12.1 Å². The molecule has 2 N–H and O–H groups in total. The average molecular weight is 288 g/mol. The summed E-state index contributed by atoms with van der Waals surface area (Å²) in [5, 5.41) is 13.7. The number of hydrogen-bond acceptors (Lipinski definition) is 3. The van der Waals surface area contributed by atoms with Crippen molar-refractivity contribution in [1.82, 2.24) is 0 Å². The van der Waals surface area contributed by atoms with Gasteiger partial charge < -0.3 is 15.2 Å². The lowest BCUT2D eigenvalue weighted by atomic mass is 10.0. The van der Waals surface area contributed by atoms with Gasteiger partial charge in [-0.15, -0.1) is 0 Å². The standard InChI is InChI=1S/C16H14ClNO2/c1-20-11-7-6-10(14(17)9-11)8-13-12-4-2-3-5-15(12)18-16(13)19/h2-9,16,18-19H,1H3/b13-8-. The van der Waals surface area contributed by atoms with Crippen LogP contribution in [0.2, 0.25) is 5.02 Å². The fourth-order valence-electron chi connectivity index (χ4n) is 2.31. The molecule has 0 aromatic heterocycles. The maximum absolute atomic E-state index is 10.1. The van der Waals surface area contributed by atoms with Crippen molar-refractivity contribution in [2.24, 2.45) is 0 Å². The summed E-state index contributed by atoms with van der Waals surface area (Å²) in [5.74, 6) is 0.711. The van der Waals surface area contributed by atoms with Crippen molar-refractivity contribution < 1.29 is 9.84 Å². The molecule has 1 aliphatic heterocycles. The van der Waals surface area contributed by atoms with Crippen molar-refractivity contribution in [3.63, 3.8) is 0 Å². The van der Waals surface area contributed by atoms with Gasteiger partial charge >= 0.3 is 0 Å². The predicted octanol–water partition coefficient (Wildman–Crippen LogP) is 3.63. The number of halogens is 1. The van der Waals surface area contributed by atoms with Crippen molar-refractivity contribution in [3.05, 3.63) is 58.6 Å². The largest absolute Gasteiger partial charge is 0.497 e. The molecular formula is C16H14ClNO2. The van der Waals surface area contributed by atoms with Crippen LogP contribution >= 0.6 is 11.6 Å². The van der Waals surface area contributed by atoms with Gasteiger partial charge in [-0.3, -0.25) is 0 Å². The molecule has 1 unspecified atom stereocenters. The van der Waals surface area contributed by atoms with Crippen molar-refractivity contribution >= 4 is 28.9 Å². The van der Waals surface area contributed by atoms with Gasteiger partial charge in [0.2, 0.25) is 0 Å². The minimum Gasteiger partial charge on any atom is -0.497 e. The van der Waals surface area contributed by atoms with Crippen LogP contribution < -0.4 is 10.1 Å². The Morgan fingerprint density at radius 2 is 2.05 bits per heavy atom. The molecule has 3 nitrogen and oxygen atoms in total. The van der Waals surface area contributed by atoms with E-state index in [1.54, 1.807) is 13.2 Å². The smallest absolute Gasteiger partial charge is 0.151 e. The number of aliphatic hydroxyl groups excluding tert-OH is 1. The highest BCUT2D eigenvalue weighted by Gasteiger charge is 2.23. The second-order valence-electron chi connectivity index (χ2n) is 4.58. The van der Waals surface area contributed by atoms with Gasteiger partial charge in [0.25, 0.3) is 0 Å². The van der Waals surface area contributed by atoms with Gasteiger partial charge in [-0.05, 0) is 35.9 Å². The highest BCUT2D eigenvalue weighted by molar-refractivity contribution is 6.32. The molecule has 1 heterocycles. The van der Waals surface area contributed by atoms with E-state index in [4.69, 9.17) is 16.3 Å². The Morgan fingerprint density at radius 3 is 2.80 bits per heavy atom. The molecule has 4 heteroatoms. The number of para-hydroxylation sites is 1. The Bertz CT molecular complexity index is 682. The number of nitrogens with one attached hydrogen (secondary N) is 1. The van der Waals surface area contributed by atoms with Crippen molar-refractivity contribution in [2.75, 3.05) is 12.4 Å². The monoisotopic (exact) mass is 287 g/mol. The molecule has 0 saturated heterocycles. The zero-order valence-corrected chi connectivity index (χ0v) is 11.7. The fourth-order valence-corrected chi connectivity index (χ4v) is 2.53. The molecule has 0 amide bonds. The number of hydrogen-bond donors (Lipinski definition) is 2. The molecule has 1 aliphatic rings. The summed E-state index contributed by atoms with van der Waals surface area (Å²) >= 11 is 6.23. The van der Waals surface area contributed by atoms with Crippen LogP contribution in [-0.4, -0.2) is 18.4 Å². The minimum atomic E-state index is -0.717. The Labute approximate surface area is 122 Å². The number of rotatable bonds is 2. The molecule has 0 fully saturated rings. The molecule has 1 atom stereocenters. The molecule has 3 rings (SSSR count). The molecule has 2 aromatic rings. The van der Waals surface area contributed by atoms with E-state index in [0.29, 0.717) is 10.8 Å². The van der Waals surface area contributed by atoms with E-state index in [2.05, 4.69) is 5.32 Å². The SMILES string of the molecule is COc1ccc(/C=C2/c3ccccc3NC2O)c(Cl)c1. The van der Waals surface area contributed by atoms with Crippen LogP contribution in [0.4, 0.5) is 5.69 Å². The molecule has 0 bridgehead atoms. The first-order valence-corrected chi connectivity index (χ1v) is 6.66. The van der Waals surface area contributed by atoms with E-state index in [-0.39, 0.29) is 0 Å². The zero-order valence-electron chi connectivity index (χ0n) is 10.9. The number of aliphatic hydroxyl groups is 1. The molecular weight excluding hydrogens is 274 g/mol. The van der Waals surface area contributed by atoms with E-state index in [9.17, 15) is 5.11 Å². The second kappa shape index (κ2) is 5.19. The Hall–Kier alpha value is -1.97. The summed E-state index contributed by atoms with van der Waals surface area (Å²) < 4.78 is 5.13. The maximum Gasteiger partial charge on any atom is 0.151 e. The highest BCUT2D eigenvalue weighted by Crippen LogP contribution is 2.36. The second-order valence-corrected chi connectivity index (χ2v) is 4.99. The predicted molar refractivity (Wildman–Crippen MR) is 81.9 cm³/mol. The highest BCUT2D eigenvalue weighted by atomic mass is 35.5.